The van der Waals surface area contributed by atoms with E-state index < -0.39 is 11.9 Å². The Balaban J connectivity index is 1.96. The number of hydrogen-bond donors (Lipinski definition) is 1. The minimum absolute atomic E-state index is 0.444. The van der Waals surface area contributed by atoms with Crippen molar-refractivity contribution in [3.63, 3.8) is 0 Å². The Labute approximate surface area is 114 Å². The normalized spacial score (nSPS) is 18.8. The van der Waals surface area contributed by atoms with Gasteiger partial charge in [0.25, 0.3) is 0 Å². The van der Waals surface area contributed by atoms with Crippen molar-refractivity contribution in [1.82, 2.24) is 4.90 Å². The van der Waals surface area contributed by atoms with E-state index in [9.17, 15) is 4.79 Å². The molecule has 4 nitrogen and oxygen atoms in total. The molecule has 0 amide bonds. The van der Waals surface area contributed by atoms with Crippen LogP contribution in [0, 0.1) is 0 Å². The van der Waals surface area contributed by atoms with E-state index in [4.69, 9.17) is 9.84 Å². The van der Waals surface area contributed by atoms with Gasteiger partial charge in [0.1, 0.15) is 0 Å². The lowest BCUT2D eigenvalue weighted by atomic mass is 10.00. The smallest absolute Gasteiger partial charge is 0.310 e. The van der Waals surface area contributed by atoms with Crippen LogP contribution in [0.5, 0.6) is 0 Å². The zero-order chi connectivity index (χ0) is 13.7. The fourth-order valence-electron chi connectivity index (χ4n) is 2.27. The van der Waals surface area contributed by atoms with Gasteiger partial charge < -0.3 is 9.84 Å². The van der Waals surface area contributed by atoms with Gasteiger partial charge in [0.15, 0.2) is 0 Å². The van der Waals surface area contributed by atoms with Crippen LogP contribution in [0.1, 0.15) is 30.4 Å². The Kier molecular flexibility index (Phi) is 4.93. The molecular weight excluding hydrogens is 242 g/mol. The van der Waals surface area contributed by atoms with Crippen LogP contribution in [0.4, 0.5) is 0 Å². The lowest BCUT2D eigenvalue weighted by Crippen LogP contribution is -2.25. The topological polar surface area (TPSA) is 49.8 Å². The van der Waals surface area contributed by atoms with Crippen LogP contribution in [-0.2, 0) is 16.1 Å². The molecule has 1 saturated heterocycles. The molecule has 1 heterocycles. The number of hydrogen-bond acceptors (Lipinski definition) is 3. The number of rotatable bonds is 4. The maximum Gasteiger partial charge on any atom is 0.310 e. The van der Waals surface area contributed by atoms with Crippen LogP contribution in [0.3, 0.4) is 0 Å². The first-order chi connectivity index (χ1) is 9.16. The van der Waals surface area contributed by atoms with Gasteiger partial charge in [-0.25, -0.2) is 0 Å². The molecule has 1 aromatic carbocycles. The maximum absolute atomic E-state index is 10.9. The molecule has 1 unspecified atom stereocenters. The van der Waals surface area contributed by atoms with Crippen molar-refractivity contribution in [2.24, 2.45) is 0 Å². The minimum Gasteiger partial charge on any atom is -0.481 e. The number of nitrogens with zero attached hydrogens (tertiary/aromatic N) is 1. The van der Waals surface area contributed by atoms with Gasteiger partial charge in [-0.3, -0.25) is 9.69 Å². The number of ether oxygens (including phenoxy) is 1. The molecule has 2 rings (SSSR count). The summed E-state index contributed by atoms with van der Waals surface area (Å²) in [5.74, 6) is -1.22. The molecule has 0 radical (unpaired) electrons. The van der Waals surface area contributed by atoms with Crippen LogP contribution >= 0.6 is 0 Å². The van der Waals surface area contributed by atoms with Crippen molar-refractivity contribution in [3.8, 4) is 0 Å². The van der Waals surface area contributed by atoms with E-state index in [1.165, 1.54) is 5.56 Å². The molecule has 0 spiro atoms. The first-order valence-corrected chi connectivity index (χ1v) is 6.78. The van der Waals surface area contributed by atoms with Crippen LogP contribution in [0.25, 0.3) is 0 Å². The summed E-state index contributed by atoms with van der Waals surface area (Å²) in [6.45, 7) is 6.30. The first kappa shape index (κ1) is 14.0. The van der Waals surface area contributed by atoms with Crippen molar-refractivity contribution in [2.75, 3.05) is 26.3 Å². The van der Waals surface area contributed by atoms with Gasteiger partial charge in [-0.15, -0.1) is 0 Å². The second-order valence-electron chi connectivity index (χ2n) is 5.04. The number of aliphatic carboxylic acids is 1. The van der Waals surface area contributed by atoms with Crippen molar-refractivity contribution in [1.29, 1.82) is 0 Å². The van der Waals surface area contributed by atoms with E-state index in [2.05, 4.69) is 4.90 Å². The summed E-state index contributed by atoms with van der Waals surface area (Å²) < 4.78 is 5.43. The monoisotopic (exact) mass is 263 g/mol. The van der Waals surface area contributed by atoms with Crippen molar-refractivity contribution >= 4 is 5.97 Å². The van der Waals surface area contributed by atoms with E-state index in [1.54, 1.807) is 6.92 Å². The lowest BCUT2D eigenvalue weighted by Gasteiger charge is -2.19. The van der Waals surface area contributed by atoms with Gasteiger partial charge in [0.05, 0.1) is 12.5 Å². The van der Waals surface area contributed by atoms with Crippen molar-refractivity contribution < 1.29 is 14.6 Å². The summed E-state index contributed by atoms with van der Waals surface area (Å²) in [4.78, 5) is 13.3. The average Bonchev–Trinajstić information content (AvgIpc) is 2.67. The summed E-state index contributed by atoms with van der Waals surface area (Å²) in [5, 5.41) is 8.97. The van der Waals surface area contributed by atoms with Crippen molar-refractivity contribution in [2.45, 2.75) is 25.8 Å². The molecule has 19 heavy (non-hydrogen) atoms. The third kappa shape index (κ3) is 4.04. The molecule has 0 aliphatic carbocycles. The van der Waals surface area contributed by atoms with Crippen LogP contribution in [0.15, 0.2) is 24.3 Å². The average molecular weight is 263 g/mol. The number of carboxylic acid groups (broad SMARTS) is 1. The van der Waals surface area contributed by atoms with Gasteiger partial charge in [0, 0.05) is 26.2 Å². The van der Waals surface area contributed by atoms with Crippen LogP contribution < -0.4 is 0 Å². The molecule has 1 N–H and O–H groups in total. The van der Waals surface area contributed by atoms with E-state index in [0.29, 0.717) is 0 Å². The molecule has 1 atom stereocenters. The molecule has 4 heteroatoms. The van der Waals surface area contributed by atoms with Gasteiger partial charge in [-0.1, -0.05) is 24.3 Å². The second-order valence-corrected chi connectivity index (χ2v) is 5.04. The van der Waals surface area contributed by atoms with E-state index in [0.717, 1.165) is 44.8 Å². The fourth-order valence-corrected chi connectivity index (χ4v) is 2.27. The highest BCUT2D eigenvalue weighted by molar-refractivity contribution is 5.75. The highest BCUT2D eigenvalue weighted by Gasteiger charge is 2.14. The van der Waals surface area contributed by atoms with Gasteiger partial charge in [-0.05, 0) is 24.5 Å². The van der Waals surface area contributed by atoms with Gasteiger partial charge in [-0.2, -0.15) is 0 Å². The Bertz CT molecular complexity index is 408. The zero-order valence-corrected chi connectivity index (χ0v) is 11.3. The van der Waals surface area contributed by atoms with Crippen LogP contribution in [-0.4, -0.2) is 42.3 Å². The van der Waals surface area contributed by atoms with E-state index in [-0.39, 0.29) is 0 Å². The summed E-state index contributed by atoms with van der Waals surface area (Å²) in [6, 6.07) is 7.89. The Morgan fingerprint density at radius 1 is 1.32 bits per heavy atom. The first-order valence-electron chi connectivity index (χ1n) is 6.78. The second kappa shape index (κ2) is 6.68. The van der Waals surface area contributed by atoms with Gasteiger partial charge in [0.2, 0.25) is 0 Å². The summed E-state index contributed by atoms with van der Waals surface area (Å²) in [7, 11) is 0. The largest absolute Gasteiger partial charge is 0.481 e. The fraction of sp³-hybridized carbons (Fsp3) is 0.533. The standard InChI is InChI=1S/C15H21NO3/c1-12(15(17)18)14-5-3-13(4-6-14)11-16-7-2-9-19-10-8-16/h3-6,12H,2,7-11H2,1H3,(H,17,18). The Morgan fingerprint density at radius 2 is 2.05 bits per heavy atom. The summed E-state index contributed by atoms with van der Waals surface area (Å²) >= 11 is 0. The number of benzene rings is 1. The number of carbonyl (C=O) groups is 1. The van der Waals surface area contributed by atoms with E-state index >= 15 is 0 Å². The summed E-state index contributed by atoms with van der Waals surface area (Å²) in [5.41, 5.74) is 2.08. The molecule has 1 aliphatic heterocycles. The van der Waals surface area contributed by atoms with Gasteiger partial charge >= 0.3 is 5.97 Å². The molecule has 0 saturated carbocycles. The third-order valence-corrected chi connectivity index (χ3v) is 3.57. The number of carboxylic acids is 1. The molecule has 1 aliphatic rings. The zero-order valence-electron chi connectivity index (χ0n) is 11.3. The molecular formula is C15H21NO3. The predicted octanol–water partition coefficient (Wildman–Crippen LogP) is 2.10. The lowest BCUT2D eigenvalue weighted by molar-refractivity contribution is -0.138. The van der Waals surface area contributed by atoms with E-state index in [1.807, 2.05) is 24.3 Å². The predicted molar refractivity (Wildman–Crippen MR) is 73.2 cm³/mol. The Morgan fingerprint density at radius 3 is 2.74 bits per heavy atom. The minimum atomic E-state index is -0.780. The Hall–Kier alpha value is -1.39. The molecule has 1 fully saturated rings. The molecule has 0 aromatic heterocycles. The quantitative estimate of drug-likeness (QED) is 0.903. The molecule has 0 bridgehead atoms. The third-order valence-electron chi connectivity index (χ3n) is 3.57. The maximum atomic E-state index is 10.9. The highest BCUT2D eigenvalue weighted by Crippen LogP contribution is 2.17. The highest BCUT2D eigenvalue weighted by atomic mass is 16.5. The van der Waals surface area contributed by atoms with Crippen molar-refractivity contribution in [3.05, 3.63) is 35.4 Å². The SMILES string of the molecule is CC(C(=O)O)c1ccc(CN2CCCOCC2)cc1. The molecule has 1 aromatic rings. The van der Waals surface area contributed by atoms with Crippen LogP contribution in [0.2, 0.25) is 0 Å². The summed E-state index contributed by atoms with van der Waals surface area (Å²) in [6.07, 6.45) is 1.08. The molecule has 104 valence electrons.